The third-order valence-electron chi connectivity index (χ3n) is 3.76. The minimum absolute atomic E-state index is 0. The van der Waals surface area contributed by atoms with E-state index in [1.165, 1.54) is 0 Å². The van der Waals surface area contributed by atoms with E-state index in [9.17, 15) is 4.79 Å². The van der Waals surface area contributed by atoms with Crippen molar-refractivity contribution in [2.75, 3.05) is 12.3 Å². The van der Waals surface area contributed by atoms with Gasteiger partial charge in [0.05, 0.1) is 11.0 Å². The predicted octanol–water partition coefficient (Wildman–Crippen LogP) is 0.704. The molecule has 24 heavy (non-hydrogen) atoms. The van der Waals surface area contributed by atoms with Gasteiger partial charge in [0.2, 0.25) is 5.16 Å². The molecule has 0 spiro atoms. The molecule has 1 N–H and O–H groups in total. The molecule has 3 rings (SSSR count). The molecule has 0 aliphatic heterocycles. The molecule has 10 heteroatoms. The summed E-state index contributed by atoms with van der Waals surface area (Å²) in [5, 5.41) is 15.5. The topological polar surface area (TPSA) is 82.6 Å². The third-order valence-corrected chi connectivity index (χ3v) is 4.77. The van der Waals surface area contributed by atoms with Crippen LogP contribution < -0.4 is 11.0 Å². The summed E-state index contributed by atoms with van der Waals surface area (Å²) < 4.78 is 5.00. The van der Waals surface area contributed by atoms with Gasteiger partial charge < -0.3 is 5.32 Å². The predicted molar refractivity (Wildman–Crippen MR) is 96.6 cm³/mol. The SMILES string of the molecule is Cl.Cn1nnnc1SCCNCc1ccc2c(c1)n(C)c(=O)n2C. The average molecular weight is 370 g/mol. The first-order valence-corrected chi connectivity index (χ1v) is 8.26. The first-order valence-electron chi connectivity index (χ1n) is 7.28. The highest BCUT2D eigenvalue weighted by molar-refractivity contribution is 7.99. The molecule has 0 radical (unpaired) electrons. The van der Waals surface area contributed by atoms with E-state index in [4.69, 9.17) is 0 Å². The minimum atomic E-state index is -0.00112. The van der Waals surface area contributed by atoms with Gasteiger partial charge >= 0.3 is 5.69 Å². The molecule has 0 unspecified atom stereocenters. The maximum atomic E-state index is 11.9. The second kappa shape index (κ2) is 7.82. The maximum Gasteiger partial charge on any atom is 0.328 e. The van der Waals surface area contributed by atoms with E-state index in [2.05, 4.69) is 33.0 Å². The normalized spacial score (nSPS) is 11.0. The molecular formula is C14H20ClN7OS. The number of rotatable bonds is 6. The van der Waals surface area contributed by atoms with Gasteiger partial charge in [0.15, 0.2) is 0 Å². The highest BCUT2D eigenvalue weighted by atomic mass is 35.5. The Morgan fingerprint density at radius 2 is 1.92 bits per heavy atom. The molecule has 0 aliphatic rings. The fourth-order valence-corrected chi connectivity index (χ4v) is 3.20. The number of fused-ring (bicyclic) bond motifs is 1. The van der Waals surface area contributed by atoms with Crippen molar-refractivity contribution < 1.29 is 0 Å². The smallest absolute Gasteiger partial charge is 0.312 e. The fraction of sp³-hybridized carbons (Fsp3) is 0.429. The van der Waals surface area contributed by atoms with Crippen molar-refractivity contribution in [3.05, 3.63) is 34.2 Å². The number of imidazole rings is 1. The standard InChI is InChI=1S/C14H19N7OS.ClH/c1-19-11-5-4-10(8-12(11)20(2)14(19)22)9-15-6-7-23-13-16-17-18-21(13)3;/h4-5,8,15H,6-7,9H2,1-3H3;1H. The summed E-state index contributed by atoms with van der Waals surface area (Å²) in [7, 11) is 5.42. The summed E-state index contributed by atoms with van der Waals surface area (Å²) in [4.78, 5) is 11.9. The summed E-state index contributed by atoms with van der Waals surface area (Å²) in [6.45, 7) is 1.61. The van der Waals surface area contributed by atoms with E-state index in [1.807, 2.05) is 13.1 Å². The molecule has 1 aromatic carbocycles. The molecule has 0 saturated heterocycles. The zero-order valence-electron chi connectivity index (χ0n) is 13.8. The summed E-state index contributed by atoms with van der Waals surface area (Å²) in [6, 6.07) is 6.10. The van der Waals surface area contributed by atoms with Crippen molar-refractivity contribution >= 4 is 35.2 Å². The van der Waals surface area contributed by atoms with Gasteiger partial charge in [0, 0.05) is 40.0 Å². The molecule has 8 nitrogen and oxygen atoms in total. The van der Waals surface area contributed by atoms with Crippen molar-refractivity contribution in [2.24, 2.45) is 21.1 Å². The van der Waals surface area contributed by atoms with Crippen LogP contribution in [0.4, 0.5) is 0 Å². The summed E-state index contributed by atoms with van der Waals surface area (Å²) in [5.74, 6) is 0.889. The second-order valence-corrected chi connectivity index (χ2v) is 6.40. The van der Waals surface area contributed by atoms with Crippen LogP contribution in [-0.2, 0) is 27.7 Å². The zero-order valence-corrected chi connectivity index (χ0v) is 15.4. The molecule has 0 fully saturated rings. The number of nitrogens with one attached hydrogen (secondary N) is 1. The molecule has 0 bridgehead atoms. The van der Waals surface area contributed by atoms with Crippen LogP contribution in [0.5, 0.6) is 0 Å². The lowest BCUT2D eigenvalue weighted by atomic mass is 10.2. The van der Waals surface area contributed by atoms with Gasteiger partial charge in [-0.05, 0) is 28.1 Å². The van der Waals surface area contributed by atoms with Gasteiger partial charge in [-0.15, -0.1) is 17.5 Å². The van der Waals surface area contributed by atoms with Gasteiger partial charge in [0.1, 0.15) is 0 Å². The van der Waals surface area contributed by atoms with Gasteiger partial charge in [-0.25, -0.2) is 9.48 Å². The van der Waals surface area contributed by atoms with E-state index < -0.39 is 0 Å². The Kier molecular flexibility index (Phi) is 6.03. The van der Waals surface area contributed by atoms with Crippen molar-refractivity contribution in [3.63, 3.8) is 0 Å². The monoisotopic (exact) mass is 369 g/mol. The Balaban J connectivity index is 0.00000208. The van der Waals surface area contributed by atoms with Crippen LogP contribution in [0.1, 0.15) is 5.56 Å². The lowest BCUT2D eigenvalue weighted by Crippen LogP contribution is -2.19. The fourth-order valence-electron chi connectivity index (χ4n) is 2.45. The quantitative estimate of drug-likeness (QED) is 0.509. The number of hydrogen-bond donors (Lipinski definition) is 1. The van der Waals surface area contributed by atoms with Crippen LogP contribution in [-0.4, -0.2) is 41.6 Å². The lowest BCUT2D eigenvalue weighted by Gasteiger charge is -2.05. The number of aromatic nitrogens is 6. The molecular weight excluding hydrogens is 350 g/mol. The van der Waals surface area contributed by atoms with E-state index >= 15 is 0 Å². The third kappa shape index (κ3) is 3.63. The van der Waals surface area contributed by atoms with Gasteiger partial charge in [-0.2, -0.15) is 0 Å². The number of hydrogen-bond acceptors (Lipinski definition) is 6. The number of benzene rings is 1. The second-order valence-electron chi connectivity index (χ2n) is 5.33. The molecule has 2 heterocycles. The maximum absolute atomic E-state index is 11.9. The Morgan fingerprint density at radius 3 is 2.62 bits per heavy atom. The summed E-state index contributed by atoms with van der Waals surface area (Å²) in [6.07, 6.45) is 0. The molecule has 0 atom stereocenters. The van der Waals surface area contributed by atoms with Gasteiger partial charge in [0.25, 0.3) is 0 Å². The largest absolute Gasteiger partial charge is 0.328 e. The van der Waals surface area contributed by atoms with E-state index in [0.29, 0.717) is 0 Å². The Morgan fingerprint density at radius 1 is 1.17 bits per heavy atom. The van der Waals surface area contributed by atoms with Crippen molar-refractivity contribution in [1.82, 2.24) is 34.7 Å². The van der Waals surface area contributed by atoms with Crippen molar-refractivity contribution in [2.45, 2.75) is 11.7 Å². The van der Waals surface area contributed by atoms with Crippen LogP contribution in [0.2, 0.25) is 0 Å². The van der Waals surface area contributed by atoms with Crippen LogP contribution in [0.25, 0.3) is 11.0 Å². The number of aryl methyl sites for hydroxylation is 3. The molecule has 0 saturated carbocycles. The van der Waals surface area contributed by atoms with Crippen molar-refractivity contribution in [1.29, 1.82) is 0 Å². The van der Waals surface area contributed by atoms with E-state index in [1.54, 1.807) is 39.7 Å². The molecule has 130 valence electrons. The number of tetrazole rings is 1. The lowest BCUT2D eigenvalue weighted by molar-refractivity contribution is 0.663. The Bertz CT molecular complexity index is 885. The van der Waals surface area contributed by atoms with Gasteiger partial charge in [-0.3, -0.25) is 9.13 Å². The van der Waals surface area contributed by atoms with Gasteiger partial charge in [-0.1, -0.05) is 17.8 Å². The minimum Gasteiger partial charge on any atom is -0.312 e. The Labute approximate surface area is 149 Å². The van der Waals surface area contributed by atoms with Crippen LogP contribution in [0, 0.1) is 0 Å². The molecule has 0 amide bonds. The highest BCUT2D eigenvalue weighted by Gasteiger charge is 2.08. The van der Waals surface area contributed by atoms with E-state index in [-0.39, 0.29) is 18.1 Å². The van der Waals surface area contributed by atoms with Crippen molar-refractivity contribution in [3.8, 4) is 0 Å². The van der Waals surface area contributed by atoms with Crippen LogP contribution in [0.15, 0.2) is 28.2 Å². The number of thioether (sulfide) groups is 1. The summed E-state index contributed by atoms with van der Waals surface area (Å²) >= 11 is 1.61. The first kappa shape index (κ1) is 18.5. The zero-order chi connectivity index (χ0) is 16.4. The van der Waals surface area contributed by atoms with Crippen LogP contribution in [0.3, 0.4) is 0 Å². The average Bonchev–Trinajstić information content (AvgIpc) is 3.05. The molecule has 0 aliphatic carbocycles. The summed E-state index contributed by atoms with van der Waals surface area (Å²) in [5.41, 5.74) is 3.06. The number of nitrogens with zero attached hydrogens (tertiary/aromatic N) is 6. The van der Waals surface area contributed by atoms with E-state index in [0.717, 1.165) is 40.6 Å². The number of halogens is 1. The highest BCUT2D eigenvalue weighted by Crippen LogP contribution is 2.14. The molecule has 2 aromatic heterocycles. The van der Waals surface area contributed by atoms with Crippen LogP contribution >= 0.6 is 24.2 Å². The first-order chi connectivity index (χ1) is 11.1. The Hall–Kier alpha value is -1.84. The molecule has 3 aromatic rings.